The standard InChI is InChI=1S/C23H30N2O2/c26-23(19-27-22-9-5-2-6-10-22)24-15-18-25-16-13-21(14-17-25)12-11-20-7-3-1-4-8-20/h1-10,21H,11-19H2,(H,24,26). The highest BCUT2D eigenvalue weighted by Gasteiger charge is 2.18. The molecule has 1 saturated heterocycles. The van der Waals surface area contributed by atoms with Crippen LogP contribution in [0.4, 0.5) is 0 Å². The van der Waals surface area contributed by atoms with E-state index in [2.05, 4.69) is 40.5 Å². The molecular weight excluding hydrogens is 336 g/mol. The quantitative estimate of drug-likeness (QED) is 0.738. The number of aryl methyl sites for hydroxylation is 1. The number of nitrogens with one attached hydrogen (secondary N) is 1. The third-order valence-electron chi connectivity index (χ3n) is 5.25. The van der Waals surface area contributed by atoms with Gasteiger partial charge in [-0.15, -0.1) is 0 Å². The number of likely N-dealkylation sites (tertiary alicyclic amines) is 1. The number of carbonyl (C=O) groups excluding carboxylic acids is 1. The van der Waals surface area contributed by atoms with E-state index < -0.39 is 0 Å². The molecule has 0 spiro atoms. The van der Waals surface area contributed by atoms with Gasteiger partial charge in [0.15, 0.2) is 6.61 Å². The van der Waals surface area contributed by atoms with Gasteiger partial charge in [0.2, 0.25) is 0 Å². The van der Waals surface area contributed by atoms with Gasteiger partial charge in [-0.25, -0.2) is 0 Å². The van der Waals surface area contributed by atoms with E-state index in [-0.39, 0.29) is 12.5 Å². The molecule has 0 bridgehead atoms. The highest BCUT2D eigenvalue weighted by molar-refractivity contribution is 5.77. The number of carbonyl (C=O) groups is 1. The van der Waals surface area contributed by atoms with Crippen LogP contribution < -0.4 is 10.1 Å². The predicted octanol–water partition coefficient (Wildman–Crippen LogP) is 3.53. The maximum atomic E-state index is 11.9. The van der Waals surface area contributed by atoms with E-state index in [9.17, 15) is 4.79 Å². The van der Waals surface area contributed by atoms with E-state index >= 15 is 0 Å². The molecule has 4 heteroatoms. The van der Waals surface area contributed by atoms with Gasteiger partial charge in [-0.3, -0.25) is 4.79 Å². The Morgan fingerprint density at radius 1 is 1.00 bits per heavy atom. The SMILES string of the molecule is O=C(COc1ccccc1)NCCN1CCC(CCc2ccccc2)CC1. The van der Waals surface area contributed by atoms with Crippen LogP contribution in [0.1, 0.15) is 24.8 Å². The Hall–Kier alpha value is -2.33. The minimum atomic E-state index is -0.0587. The molecule has 1 heterocycles. The summed E-state index contributed by atoms with van der Waals surface area (Å²) in [7, 11) is 0. The zero-order chi connectivity index (χ0) is 18.7. The normalized spacial score (nSPS) is 15.4. The largest absolute Gasteiger partial charge is 0.484 e. The van der Waals surface area contributed by atoms with Gasteiger partial charge in [0, 0.05) is 13.1 Å². The molecule has 1 amide bonds. The summed E-state index contributed by atoms with van der Waals surface area (Å²) in [5, 5.41) is 2.95. The molecule has 0 saturated carbocycles. The van der Waals surface area contributed by atoms with E-state index in [0.29, 0.717) is 6.54 Å². The number of ether oxygens (including phenoxy) is 1. The third-order valence-corrected chi connectivity index (χ3v) is 5.25. The van der Waals surface area contributed by atoms with E-state index in [1.807, 2.05) is 30.3 Å². The van der Waals surface area contributed by atoms with Crippen LogP contribution in [0.15, 0.2) is 60.7 Å². The lowest BCUT2D eigenvalue weighted by Gasteiger charge is -2.32. The topological polar surface area (TPSA) is 41.6 Å². The van der Waals surface area contributed by atoms with Gasteiger partial charge in [0.1, 0.15) is 5.75 Å². The van der Waals surface area contributed by atoms with Crippen molar-refractivity contribution in [3.8, 4) is 5.75 Å². The van der Waals surface area contributed by atoms with E-state index in [0.717, 1.165) is 31.3 Å². The van der Waals surface area contributed by atoms with Gasteiger partial charge in [-0.05, 0) is 62.4 Å². The van der Waals surface area contributed by atoms with Gasteiger partial charge in [0.05, 0.1) is 0 Å². The summed E-state index contributed by atoms with van der Waals surface area (Å²) >= 11 is 0. The van der Waals surface area contributed by atoms with Crippen LogP contribution >= 0.6 is 0 Å². The molecule has 0 aliphatic carbocycles. The summed E-state index contributed by atoms with van der Waals surface area (Å²) in [6.45, 7) is 3.95. The molecule has 144 valence electrons. The lowest BCUT2D eigenvalue weighted by Crippen LogP contribution is -2.40. The lowest BCUT2D eigenvalue weighted by atomic mass is 9.90. The van der Waals surface area contributed by atoms with Crippen molar-refractivity contribution in [2.75, 3.05) is 32.8 Å². The smallest absolute Gasteiger partial charge is 0.257 e. The Morgan fingerprint density at radius 2 is 1.67 bits per heavy atom. The zero-order valence-electron chi connectivity index (χ0n) is 16.0. The van der Waals surface area contributed by atoms with E-state index in [1.54, 1.807) is 0 Å². The fourth-order valence-electron chi connectivity index (χ4n) is 3.58. The van der Waals surface area contributed by atoms with Crippen LogP contribution in [0.25, 0.3) is 0 Å². The minimum absolute atomic E-state index is 0.0587. The lowest BCUT2D eigenvalue weighted by molar-refractivity contribution is -0.123. The molecule has 3 rings (SSSR count). The van der Waals surface area contributed by atoms with Crippen LogP contribution in [-0.4, -0.2) is 43.6 Å². The number of benzene rings is 2. The summed E-state index contributed by atoms with van der Waals surface area (Å²) in [5.74, 6) is 1.50. The summed E-state index contributed by atoms with van der Waals surface area (Å²) < 4.78 is 5.46. The molecule has 1 fully saturated rings. The van der Waals surface area contributed by atoms with Crippen molar-refractivity contribution in [3.05, 3.63) is 66.2 Å². The van der Waals surface area contributed by atoms with E-state index in [1.165, 1.54) is 31.2 Å². The van der Waals surface area contributed by atoms with Gasteiger partial charge in [-0.1, -0.05) is 48.5 Å². The first-order chi connectivity index (χ1) is 13.3. The monoisotopic (exact) mass is 366 g/mol. The molecular formula is C23H30N2O2. The molecule has 2 aromatic rings. The van der Waals surface area contributed by atoms with Gasteiger partial charge >= 0.3 is 0 Å². The number of hydrogen-bond acceptors (Lipinski definition) is 3. The molecule has 27 heavy (non-hydrogen) atoms. The number of piperidine rings is 1. The third kappa shape index (κ3) is 7.06. The number of nitrogens with zero attached hydrogens (tertiary/aromatic N) is 1. The van der Waals surface area contributed by atoms with Crippen LogP contribution in [0.5, 0.6) is 5.75 Å². The fraction of sp³-hybridized carbons (Fsp3) is 0.435. The molecule has 1 N–H and O–H groups in total. The summed E-state index contributed by atoms with van der Waals surface area (Å²) in [4.78, 5) is 14.3. The van der Waals surface area contributed by atoms with Crippen molar-refractivity contribution >= 4 is 5.91 Å². The maximum absolute atomic E-state index is 11.9. The average molecular weight is 367 g/mol. The van der Waals surface area contributed by atoms with Crippen molar-refractivity contribution in [2.24, 2.45) is 5.92 Å². The maximum Gasteiger partial charge on any atom is 0.257 e. The molecule has 1 aliphatic rings. The molecule has 4 nitrogen and oxygen atoms in total. The van der Waals surface area contributed by atoms with Gasteiger partial charge in [0.25, 0.3) is 5.91 Å². The van der Waals surface area contributed by atoms with E-state index in [4.69, 9.17) is 4.74 Å². The number of hydrogen-bond donors (Lipinski definition) is 1. The van der Waals surface area contributed by atoms with Gasteiger partial charge < -0.3 is 15.0 Å². The van der Waals surface area contributed by atoms with Gasteiger partial charge in [-0.2, -0.15) is 0 Å². The fourth-order valence-corrected chi connectivity index (χ4v) is 3.58. The Bertz CT molecular complexity index is 667. The minimum Gasteiger partial charge on any atom is -0.484 e. The van der Waals surface area contributed by atoms with Crippen molar-refractivity contribution in [3.63, 3.8) is 0 Å². The first-order valence-corrected chi connectivity index (χ1v) is 10.0. The second-order valence-electron chi connectivity index (χ2n) is 7.26. The number of amides is 1. The Balaban J connectivity index is 1.24. The van der Waals surface area contributed by atoms with Crippen LogP contribution in [0, 0.1) is 5.92 Å². The summed E-state index contributed by atoms with van der Waals surface area (Å²) in [6.07, 6.45) is 4.99. The molecule has 0 atom stereocenters. The van der Waals surface area contributed by atoms with Crippen molar-refractivity contribution in [1.82, 2.24) is 10.2 Å². The first kappa shape index (κ1) is 19.4. The highest BCUT2D eigenvalue weighted by Crippen LogP contribution is 2.22. The number of para-hydroxylation sites is 1. The average Bonchev–Trinajstić information content (AvgIpc) is 2.73. The second kappa shape index (κ2) is 10.7. The molecule has 0 unspecified atom stereocenters. The molecule has 2 aromatic carbocycles. The molecule has 0 radical (unpaired) electrons. The molecule has 1 aliphatic heterocycles. The number of rotatable bonds is 9. The molecule has 0 aromatic heterocycles. The van der Waals surface area contributed by atoms with Crippen LogP contribution in [0.2, 0.25) is 0 Å². The first-order valence-electron chi connectivity index (χ1n) is 10.0. The Labute approximate surface area is 162 Å². The van der Waals surface area contributed by atoms with Crippen molar-refractivity contribution in [1.29, 1.82) is 0 Å². The summed E-state index contributed by atoms with van der Waals surface area (Å²) in [5.41, 5.74) is 1.44. The highest BCUT2D eigenvalue weighted by atomic mass is 16.5. The summed E-state index contributed by atoms with van der Waals surface area (Å²) in [6, 6.07) is 20.2. The Morgan fingerprint density at radius 3 is 2.37 bits per heavy atom. The van der Waals surface area contributed by atoms with Crippen molar-refractivity contribution in [2.45, 2.75) is 25.7 Å². The predicted molar refractivity (Wildman–Crippen MR) is 109 cm³/mol. The Kier molecular flexibility index (Phi) is 7.72. The van der Waals surface area contributed by atoms with Crippen LogP contribution in [-0.2, 0) is 11.2 Å². The van der Waals surface area contributed by atoms with Crippen LogP contribution in [0.3, 0.4) is 0 Å². The van der Waals surface area contributed by atoms with Crippen molar-refractivity contribution < 1.29 is 9.53 Å². The zero-order valence-corrected chi connectivity index (χ0v) is 16.0. The second-order valence-corrected chi connectivity index (χ2v) is 7.26.